The van der Waals surface area contributed by atoms with Crippen molar-refractivity contribution in [1.82, 2.24) is 5.01 Å². The molecule has 5 nitrogen and oxygen atoms in total. The van der Waals surface area contributed by atoms with Crippen LogP contribution in [0.25, 0.3) is 0 Å². The molecule has 0 amide bonds. The normalized spacial score (nSPS) is 16.4. The van der Waals surface area contributed by atoms with Crippen molar-refractivity contribution in [3.63, 3.8) is 0 Å². The fraction of sp³-hybridized carbons (Fsp3) is 0.417. The molecule has 1 fully saturated rings. The Morgan fingerprint density at radius 3 is 2.88 bits per heavy atom. The number of nitrogens with zero attached hydrogens (tertiary/aromatic N) is 2. The Hall–Kier alpha value is -1.75. The van der Waals surface area contributed by atoms with Gasteiger partial charge in [-0.25, -0.2) is 0 Å². The molecule has 92 valence electrons. The zero-order valence-corrected chi connectivity index (χ0v) is 9.80. The molecule has 1 aromatic carbocycles. The number of rotatable bonds is 3. The van der Waals surface area contributed by atoms with Crippen LogP contribution in [-0.2, 0) is 4.74 Å². The van der Waals surface area contributed by atoms with E-state index in [0.29, 0.717) is 24.5 Å². The van der Waals surface area contributed by atoms with Gasteiger partial charge in [0.2, 0.25) is 0 Å². The van der Waals surface area contributed by atoms with E-state index in [1.807, 2.05) is 5.01 Å². The third-order valence-electron chi connectivity index (χ3n) is 2.58. The lowest BCUT2D eigenvalue weighted by Crippen LogP contribution is -2.32. The van der Waals surface area contributed by atoms with Gasteiger partial charge >= 0.3 is 0 Å². The molecular weight excluding hydrogens is 220 g/mol. The van der Waals surface area contributed by atoms with Crippen LogP contribution in [0.2, 0.25) is 0 Å². The van der Waals surface area contributed by atoms with E-state index in [9.17, 15) is 5.11 Å². The Morgan fingerprint density at radius 2 is 2.18 bits per heavy atom. The highest BCUT2D eigenvalue weighted by molar-refractivity contribution is 5.83. The molecule has 0 aromatic heterocycles. The molecule has 0 aliphatic carbocycles. The number of hydrogen-bond donors (Lipinski definition) is 1. The number of aromatic hydroxyl groups is 1. The first kappa shape index (κ1) is 11.7. The lowest BCUT2D eigenvalue weighted by atomic mass is 10.2. The highest BCUT2D eigenvalue weighted by atomic mass is 16.5. The van der Waals surface area contributed by atoms with Gasteiger partial charge in [-0.2, -0.15) is 5.10 Å². The number of methoxy groups -OCH3 is 1. The van der Waals surface area contributed by atoms with Crippen molar-refractivity contribution in [2.45, 2.75) is 0 Å². The number of phenolic OH excluding ortho intramolecular Hbond substituents is 1. The quantitative estimate of drug-likeness (QED) is 0.797. The number of hydrazone groups is 1. The Morgan fingerprint density at radius 1 is 1.41 bits per heavy atom. The first-order chi connectivity index (χ1) is 8.29. The highest BCUT2D eigenvalue weighted by Gasteiger charge is 2.07. The van der Waals surface area contributed by atoms with E-state index >= 15 is 0 Å². The van der Waals surface area contributed by atoms with Gasteiger partial charge < -0.3 is 14.6 Å². The van der Waals surface area contributed by atoms with Crippen LogP contribution >= 0.6 is 0 Å². The van der Waals surface area contributed by atoms with Crippen LogP contribution in [0, 0.1) is 0 Å². The fourth-order valence-electron chi connectivity index (χ4n) is 1.58. The zero-order chi connectivity index (χ0) is 12.1. The van der Waals surface area contributed by atoms with Crippen molar-refractivity contribution in [1.29, 1.82) is 0 Å². The molecule has 1 N–H and O–H groups in total. The Bertz CT molecular complexity index is 401. The lowest BCUT2D eigenvalue weighted by molar-refractivity contribution is 0.0397. The average molecular weight is 236 g/mol. The molecule has 5 heteroatoms. The van der Waals surface area contributed by atoms with Crippen molar-refractivity contribution in [2.24, 2.45) is 5.10 Å². The standard InChI is InChI=1S/C12H16N2O3/c1-16-11-2-3-12(15)10(8-11)9-13-14-4-6-17-7-5-14/h2-3,8-9,15H,4-7H2,1H3. The molecule has 2 rings (SSSR count). The molecule has 0 spiro atoms. The molecule has 0 atom stereocenters. The van der Waals surface area contributed by atoms with Crippen LogP contribution in [0.5, 0.6) is 11.5 Å². The second-order valence-corrected chi connectivity index (χ2v) is 3.74. The largest absolute Gasteiger partial charge is 0.507 e. The Labute approximate surface area is 100 Å². The Balaban J connectivity index is 2.08. The SMILES string of the molecule is COc1ccc(O)c(C=NN2CCOCC2)c1. The van der Waals surface area contributed by atoms with Gasteiger partial charge in [0.1, 0.15) is 11.5 Å². The minimum Gasteiger partial charge on any atom is -0.507 e. The van der Waals surface area contributed by atoms with Gasteiger partial charge in [-0.15, -0.1) is 0 Å². The van der Waals surface area contributed by atoms with E-state index in [0.717, 1.165) is 13.1 Å². The molecule has 1 heterocycles. The van der Waals surface area contributed by atoms with Crippen LogP contribution in [0.15, 0.2) is 23.3 Å². The van der Waals surface area contributed by atoms with Crippen LogP contribution in [0.3, 0.4) is 0 Å². The molecule has 0 unspecified atom stereocenters. The summed E-state index contributed by atoms with van der Waals surface area (Å²) in [6, 6.07) is 5.06. The van der Waals surface area contributed by atoms with E-state index in [-0.39, 0.29) is 5.75 Å². The maximum absolute atomic E-state index is 9.67. The van der Waals surface area contributed by atoms with Crippen molar-refractivity contribution in [2.75, 3.05) is 33.4 Å². The monoisotopic (exact) mass is 236 g/mol. The zero-order valence-electron chi connectivity index (χ0n) is 9.80. The summed E-state index contributed by atoms with van der Waals surface area (Å²) in [5, 5.41) is 15.9. The average Bonchev–Trinajstić information content (AvgIpc) is 2.39. The Kier molecular flexibility index (Phi) is 3.82. The predicted molar refractivity (Wildman–Crippen MR) is 64.6 cm³/mol. The highest BCUT2D eigenvalue weighted by Crippen LogP contribution is 2.21. The topological polar surface area (TPSA) is 54.3 Å². The smallest absolute Gasteiger partial charge is 0.124 e. The molecule has 0 saturated carbocycles. The molecule has 0 radical (unpaired) electrons. The molecule has 17 heavy (non-hydrogen) atoms. The van der Waals surface area contributed by atoms with Crippen molar-refractivity contribution >= 4 is 6.21 Å². The van der Waals surface area contributed by atoms with Crippen LogP contribution in [0.4, 0.5) is 0 Å². The van der Waals surface area contributed by atoms with Crippen molar-refractivity contribution in [3.05, 3.63) is 23.8 Å². The van der Waals surface area contributed by atoms with Gasteiger partial charge in [-0.05, 0) is 18.2 Å². The fourth-order valence-corrected chi connectivity index (χ4v) is 1.58. The minimum absolute atomic E-state index is 0.197. The van der Waals surface area contributed by atoms with Gasteiger partial charge in [-0.3, -0.25) is 5.01 Å². The molecule has 1 aliphatic heterocycles. The van der Waals surface area contributed by atoms with Gasteiger partial charge in [0, 0.05) is 5.56 Å². The van der Waals surface area contributed by atoms with E-state index < -0.39 is 0 Å². The van der Waals surface area contributed by atoms with Crippen LogP contribution in [0.1, 0.15) is 5.56 Å². The first-order valence-corrected chi connectivity index (χ1v) is 5.53. The van der Waals surface area contributed by atoms with Gasteiger partial charge in [0.25, 0.3) is 0 Å². The molecule has 0 bridgehead atoms. The summed E-state index contributed by atoms with van der Waals surface area (Å²) in [6.07, 6.45) is 1.64. The maximum atomic E-state index is 9.67. The van der Waals surface area contributed by atoms with Crippen LogP contribution in [-0.4, -0.2) is 49.7 Å². The number of morpholine rings is 1. The lowest BCUT2D eigenvalue weighted by Gasteiger charge is -2.23. The second-order valence-electron chi connectivity index (χ2n) is 3.74. The van der Waals surface area contributed by atoms with E-state index in [1.54, 1.807) is 31.5 Å². The summed E-state index contributed by atoms with van der Waals surface area (Å²) in [7, 11) is 1.59. The third-order valence-corrected chi connectivity index (χ3v) is 2.58. The van der Waals surface area contributed by atoms with Gasteiger partial charge in [0.15, 0.2) is 0 Å². The summed E-state index contributed by atoms with van der Waals surface area (Å²) >= 11 is 0. The first-order valence-electron chi connectivity index (χ1n) is 5.53. The van der Waals surface area contributed by atoms with E-state index in [4.69, 9.17) is 9.47 Å². The van der Waals surface area contributed by atoms with Gasteiger partial charge in [0.05, 0.1) is 39.6 Å². The molecular formula is C12H16N2O3. The maximum Gasteiger partial charge on any atom is 0.124 e. The summed E-state index contributed by atoms with van der Waals surface area (Å²) in [5.74, 6) is 0.897. The molecule has 1 aromatic rings. The summed E-state index contributed by atoms with van der Waals surface area (Å²) in [5.41, 5.74) is 0.649. The van der Waals surface area contributed by atoms with Crippen molar-refractivity contribution in [3.8, 4) is 11.5 Å². The summed E-state index contributed by atoms with van der Waals surface area (Å²) < 4.78 is 10.3. The number of benzene rings is 1. The molecule has 1 saturated heterocycles. The molecule has 1 aliphatic rings. The van der Waals surface area contributed by atoms with E-state index in [2.05, 4.69) is 5.10 Å². The number of phenols is 1. The van der Waals surface area contributed by atoms with Crippen molar-refractivity contribution < 1.29 is 14.6 Å². The number of ether oxygens (including phenoxy) is 2. The predicted octanol–water partition coefficient (Wildman–Crippen LogP) is 1.07. The number of hydrogen-bond acceptors (Lipinski definition) is 5. The second kappa shape index (κ2) is 5.54. The summed E-state index contributed by atoms with van der Waals surface area (Å²) in [4.78, 5) is 0. The van der Waals surface area contributed by atoms with E-state index in [1.165, 1.54) is 0 Å². The summed E-state index contributed by atoms with van der Waals surface area (Å²) in [6.45, 7) is 2.95. The third kappa shape index (κ3) is 3.10. The van der Waals surface area contributed by atoms with Crippen LogP contribution < -0.4 is 4.74 Å². The van der Waals surface area contributed by atoms with Gasteiger partial charge in [-0.1, -0.05) is 0 Å². The minimum atomic E-state index is 0.197.